The first kappa shape index (κ1) is 15.6. The SMILES string of the molecule is CN(C)c1cncc([C@@H]2CCCN2C(=O)c2n[nH]c3ccccc23)n1. The monoisotopic (exact) mass is 336 g/mol. The lowest BCUT2D eigenvalue weighted by Gasteiger charge is -2.24. The van der Waals surface area contributed by atoms with Crippen molar-refractivity contribution in [3.8, 4) is 0 Å². The number of para-hydroxylation sites is 1. The molecule has 0 aliphatic carbocycles. The molecule has 0 saturated carbocycles. The fraction of sp³-hybridized carbons (Fsp3) is 0.333. The lowest BCUT2D eigenvalue weighted by atomic mass is 10.1. The van der Waals surface area contributed by atoms with E-state index in [1.807, 2.05) is 48.2 Å². The summed E-state index contributed by atoms with van der Waals surface area (Å²) in [4.78, 5) is 25.9. The van der Waals surface area contributed by atoms with Gasteiger partial charge in [-0.05, 0) is 18.9 Å². The number of nitrogens with one attached hydrogen (secondary N) is 1. The number of H-pyrrole nitrogens is 1. The normalized spacial score (nSPS) is 17.2. The molecule has 1 aliphatic heterocycles. The predicted molar refractivity (Wildman–Crippen MR) is 95.5 cm³/mol. The second-order valence-electron chi connectivity index (χ2n) is 6.47. The summed E-state index contributed by atoms with van der Waals surface area (Å²) in [6.45, 7) is 0.707. The van der Waals surface area contributed by atoms with Crippen LogP contribution in [0, 0.1) is 0 Å². The number of benzene rings is 1. The number of likely N-dealkylation sites (tertiary alicyclic amines) is 1. The van der Waals surface area contributed by atoms with Gasteiger partial charge >= 0.3 is 0 Å². The predicted octanol–water partition coefficient (Wildman–Crippen LogP) is 2.40. The highest BCUT2D eigenvalue weighted by Gasteiger charge is 2.33. The molecule has 4 rings (SSSR count). The lowest BCUT2D eigenvalue weighted by Crippen LogP contribution is -2.31. The summed E-state index contributed by atoms with van der Waals surface area (Å²) in [6.07, 6.45) is 5.32. The number of aromatic amines is 1. The van der Waals surface area contributed by atoms with Crippen molar-refractivity contribution in [3.05, 3.63) is 48.0 Å². The first-order chi connectivity index (χ1) is 12.1. The van der Waals surface area contributed by atoms with Gasteiger partial charge in [-0.15, -0.1) is 0 Å². The van der Waals surface area contributed by atoms with Crippen LogP contribution in [-0.4, -0.2) is 51.6 Å². The number of fused-ring (bicyclic) bond motifs is 1. The topological polar surface area (TPSA) is 78.0 Å². The van der Waals surface area contributed by atoms with Gasteiger partial charge in [0.05, 0.1) is 29.6 Å². The quantitative estimate of drug-likeness (QED) is 0.794. The maximum Gasteiger partial charge on any atom is 0.275 e. The Balaban J connectivity index is 1.67. The van der Waals surface area contributed by atoms with Gasteiger partial charge < -0.3 is 9.80 Å². The number of nitrogens with zero attached hydrogens (tertiary/aromatic N) is 5. The lowest BCUT2D eigenvalue weighted by molar-refractivity contribution is 0.0728. The Morgan fingerprint density at radius 2 is 2.12 bits per heavy atom. The van der Waals surface area contributed by atoms with E-state index in [9.17, 15) is 4.79 Å². The van der Waals surface area contributed by atoms with Gasteiger partial charge in [0, 0.05) is 26.0 Å². The van der Waals surface area contributed by atoms with E-state index in [1.54, 1.807) is 12.4 Å². The Bertz CT molecular complexity index is 919. The third-order valence-corrected chi connectivity index (χ3v) is 4.63. The minimum absolute atomic E-state index is 0.0583. The number of amides is 1. The standard InChI is InChI=1S/C18H20N6O/c1-23(2)16-11-19-10-14(20-16)15-8-5-9-24(15)18(25)17-12-6-3-4-7-13(12)21-22-17/h3-4,6-7,10-11,15H,5,8-9H2,1-2H3,(H,21,22)/t15-/m0/s1. The summed E-state index contributed by atoms with van der Waals surface area (Å²) in [5, 5.41) is 8.05. The average Bonchev–Trinajstić information content (AvgIpc) is 3.28. The largest absolute Gasteiger partial charge is 0.361 e. The Morgan fingerprint density at radius 3 is 2.96 bits per heavy atom. The van der Waals surface area contributed by atoms with E-state index in [1.165, 1.54) is 0 Å². The maximum atomic E-state index is 13.1. The van der Waals surface area contributed by atoms with E-state index < -0.39 is 0 Å². The molecule has 0 unspecified atom stereocenters. The zero-order chi connectivity index (χ0) is 17.4. The Labute approximate surface area is 145 Å². The van der Waals surface area contributed by atoms with Crippen molar-refractivity contribution in [2.45, 2.75) is 18.9 Å². The molecule has 3 aromatic rings. The van der Waals surface area contributed by atoms with Crippen molar-refractivity contribution in [3.63, 3.8) is 0 Å². The highest BCUT2D eigenvalue weighted by molar-refractivity contribution is 6.04. The van der Waals surface area contributed by atoms with Crippen molar-refractivity contribution in [2.24, 2.45) is 0 Å². The molecule has 1 aliphatic rings. The van der Waals surface area contributed by atoms with E-state index in [2.05, 4.69) is 20.2 Å². The number of hydrogen-bond donors (Lipinski definition) is 1. The van der Waals surface area contributed by atoms with Crippen molar-refractivity contribution in [2.75, 3.05) is 25.5 Å². The summed E-state index contributed by atoms with van der Waals surface area (Å²) in [6, 6.07) is 7.63. The van der Waals surface area contributed by atoms with Crippen molar-refractivity contribution < 1.29 is 4.79 Å². The molecule has 2 aromatic heterocycles. The molecule has 128 valence electrons. The van der Waals surface area contributed by atoms with Gasteiger partial charge in [0.25, 0.3) is 5.91 Å². The molecule has 7 heteroatoms. The molecular formula is C18H20N6O. The highest BCUT2D eigenvalue weighted by atomic mass is 16.2. The molecular weight excluding hydrogens is 316 g/mol. The molecule has 1 atom stereocenters. The number of hydrogen-bond acceptors (Lipinski definition) is 5. The Kier molecular flexibility index (Phi) is 3.83. The highest BCUT2D eigenvalue weighted by Crippen LogP contribution is 2.33. The van der Waals surface area contributed by atoms with Crippen LogP contribution >= 0.6 is 0 Å². The smallest absolute Gasteiger partial charge is 0.275 e. The first-order valence-electron chi connectivity index (χ1n) is 8.38. The van der Waals surface area contributed by atoms with Gasteiger partial charge in [-0.3, -0.25) is 14.9 Å². The van der Waals surface area contributed by atoms with Crippen LogP contribution in [0.1, 0.15) is 35.1 Å². The summed E-state index contributed by atoms with van der Waals surface area (Å²) in [5.41, 5.74) is 2.17. The van der Waals surface area contributed by atoms with Crippen LogP contribution in [0.25, 0.3) is 10.9 Å². The van der Waals surface area contributed by atoms with Crippen LogP contribution < -0.4 is 4.90 Å². The summed E-state index contributed by atoms with van der Waals surface area (Å²) in [7, 11) is 3.86. The van der Waals surface area contributed by atoms with E-state index in [0.29, 0.717) is 12.2 Å². The first-order valence-corrected chi connectivity index (χ1v) is 8.38. The number of aromatic nitrogens is 4. The summed E-state index contributed by atoms with van der Waals surface area (Å²) >= 11 is 0. The van der Waals surface area contributed by atoms with E-state index >= 15 is 0 Å². The van der Waals surface area contributed by atoms with Gasteiger partial charge in [0.2, 0.25) is 0 Å². The van der Waals surface area contributed by atoms with Crippen molar-refractivity contribution in [1.82, 2.24) is 25.1 Å². The third-order valence-electron chi connectivity index (χ3n) is 4.63. The molecule has 0 bridgehead atoms. The number of carbonyl (C=O) groups is 1. The second-order valence-corrected chi connectivity index (χ2v) is 6.47. The van der Waals surface area contributed by atoms with Crippen molar-refractivity contribution >= 4 is 22.6 Å². The molecule has 1 amide bonds. The van der Waals surface area contributed by atoms with Gasteiger partial charge in [-0.1, -0.05) is 18.2 Å². The number of rotatable bonds is 3. The number of carbonyl (C=O) groups excluding carboxylic acids is 1. The van der Waals surface area contributed by atoms with Gasteiger partial charge in [0.1, 0.15) is 5.82 Å². The molecule has 0 radical (unpaired) electrons. The zero-order valence-electron chi connectivity index (χ0n) is 14.3. The van der Waals surface area contributed by atoms with E-state index in [4.69, 9.17) is 0 Å². The van der Waals surface area contributed by atoms with Crippen molar-refractivity contribution in [1.29, 1.82) is 0 Å². The molecule has 7 nitrogen and oxygen atoms in total. The van der Waals surface area contributed by atoms with Crippen LogP contribution in [0.3, 0.4) is 0 Å². The molecule has 1 saturated heterocycles. The van der Waals surface area contributed by atoms with Crippen LogP contribution in [0.15, 0.2) is 36.7 Å². The fourth-order valence-electron chi connectivity index (χ4n) is 3.33. The fourth-order valence-corrected chi connectivity index (χ4v) is 3.33. The number of anilines is 1. The van der Waals surface area contributed by atoms with Crippen LogP contribution in [0.5, 0.6) is 0 Å². The molecule has 25 heavy (non-hydrogen) atoms. The van der Waals surface area contributed by atoms with Crippen LogP contribution in [0.4, 0.5) is 5.82 Å². The van der Waals surface area contributed by atoms with E-state index in [0.717, 1.165) is 35.3 Å². The summed E-state index contributed by atoms with van der Waals surface area (Å²) in [5.74, 6) is 0.735. The van der Waals surface area contributed by atoms with Gasteiger partial charge in [0.15, 0.2) is 5.69 Å². The van der Waals surface area contributed by atoms with Crippen LogP contribution in [0.2, 0.25) is 0 Å². The summed E-state index contributed by atoms with van der Waals surface area (Å²) < 4.78 is 0. The minimum Gasteiger partial charge on any atom is -0.361 e. The van der Waals surface area contributed by atoms with Gasteiger partial charge in [-0.25, -0.2) is 4.98 Å². The second kappa shape index (κ2) is 6.16. The van der Waals surface area contributed by atoms with Crippen LogP contribution in [-0.2, 0) is 0 Å². The zero-order valence-corrected chi connectivity index (χ0v) is 14.3. The average molecular weight is 336 g/mol. The molecule has 1 aromatic carbocycles. The molecule has 1 N–H and O–H groups in total. The molecule has 1 fully saturated rings. The molecule has 0 spiro atoms. The minimum atomic E-state index is -0.0598. The molecule has 3 heterocycles. The van der Waals surface area contributed by atoms with Gasteiger partial charge in [-0.2, -0.15) is 5.10 Å². The Hall–Kier alpha value is -2.96. The third kappa shape index (κ3) is 2.71. The Morgan fingerprint density at radius 1 is 1.28 bits per heavy atom. The maximum absolute atomic E-state index is 13.1. The van der Waals surface area contributed by atoms with E-state index in [-0.39, 0.29) is 11.9 Å².